The lowest BCUT2D eigenvalue weighted by Crippen LogP contribution is -1.91. The Kier molecular flexibility index (Phi) is 1.67. The van der Waals surface area contributed by atoms with Gasteiger partial charge in [0.2, 0.25) is 0 Å². The largest absolute Gasteiger partial charge is 0.266 e. The molecule has 1 rings (SSSR count). The van der Waals surface area contributed by atoms with E-state index in [1.165, 1.54) is 0 Å². The molecule has 0 fully saturated rings. The fraction of sp³-hybridized carbons (Fsp3) is 0.143. The minimum Gasteiger partial charge on any atom is -0.266 e. The quantitative estimate of drug-likeness (QED) is 0.563. The van der Waals surface area contributed by atoms with Crippen molar-refractivity contribution in [1.82, 2.24) is 9.78 Å². The van der Waals surface area contributed by atoms with Gasteiger partial charge in [0.15, 0.2) is 0 Å². The Bertz CT molecular complexity index is 260. The Morgan fingerprint density at radius 1 is 1.80 bits per heavy atom. The lowest BCUT2D eigenvalue weighted by molar-refractivity contribution is 0.760. The summed E-state index contributed by atoms with van der Waals surface area (Å²) in [7, 11) is 1.84. The first-order valence-electron chi connectivity index (χ1n) is 2.90. The first-order valence-corrected chi connectivity index (χ1v) is 2.90. The number of rotatable bonds is 2. The fourth-order valence-corrected chi connectivity index (χ4v) is 0.794. The molecule has 0 atom stereocenters. The van der Waals surface area contributed by atoms with E-state index in [1.807, 2.05) is 7.05 Å². The molecule has 0 aliphatic heterocycles. The maximum absolute atomic E-state index is 3.97. The molecule has 1 heterocycles. The van der Waals surface area contributed by atoms with Crippen LogP contribution in [0.5, 0.6) is 0 Å². The maximum Gasteiger partial charge on any atom is 0.107 e. The molecule has 3 nitrogen and oxygen atoms in total. The molecule has 0 aliphatic rings. The number of hydrogen-bond acceptors (Lipinski definition) is 2. The molecule has 0 aromatic carbocycles. The molecule has 0 aliphatic carbocycles. The van der Waals surface area contributed by atoms with Gasteiger partial charge in [-0.25, -0.2) is 0 Å². The molecule has 0 amide bonds. The molecule has 0 N–H and O–H groups in total. The minimum absolute atomic E-state index is 0.775. The highest BCUT2D eigenvalue weighted by Crippen LogP contribution is 2.17. The van der Waals surface area contributed by atoms with Gasteiger partial charge in [0.1, 0.15) is 5.69 Å². The zero-order valence-corrected chi connectivity index (χ0v) is 5.91. The van der Waals surface area contributed by atoms with Crippen LogP contribution in [0.25, 0.3) is 6.08 Å². The smallest absolute Gasteiger partial charge is 0.107 e. The summed E-state index contributed by atoms with van der Waals surface area (Å²) in [4.78, 5) is 3.76. The summed E-state index contributed by atoms with van der Waals surface area (Å²) in [6, 6.07) is 0. The summed E-state index contributed by atoms with van der Waals surface area (Å²) in [5.41, 5.74) is 1.67. The SMILES string of the molecule is C=Cc1c(N=C)cnn1C. The van der Waals surface area contributed by atoms with Crippen molar-refractivity contribution in [3.05, 3.63) is 18.5 Å². The van der Waals surface area contributed by atoms with E-state index in [1.54, 1.807) is 17.0 Å². The fourth-order valence-electron chi connectivity index (χ4n) is 0.794. The van der Waals surface area contributed by atoms with Crippen LogP contribution in [0.4, 0.5) is 5.69 Å². The summed E-state index contributed by atoms with van der Waals surface area (Å²) in [6.45, 7) is 7.03. The van der Waals surface area contributed by atoms with Gasteiger partial charge in [0.25, 0.3) is 0 Å². The Labute approximate surface area is 59.7 Å². The lowest BCUT2D eigenvalue weighted by Gasteiger charge is -1.92. The minimum atomic E-state index is 0.775. The van der Waals surface area contributed by atoms with Gasteiger partial charge < -0.3 is 0 Å². The Balaban J connectivity index is 3.25. The van der Waals surface area contributed by atoms with Crippen molar-refractivity contribution in [3.8, 4) is 0 Å². The van der Waals surface area contributed by atoms with Crippen molar-refractivity contribution in [1.29, 1.82) is 0 Å². The van der Waals surface area contributed by atoms with Crippen LogP contribution in [0.3, 0.4) is 0 Å². The first-order chi connectivity index (χ1) is 4.79. The molecule has 1 aromatic heterocycles. The molecule has 3 heteroatoms. The van der Waals surface area contributed by atoms with Crippen LogP contribution >= 0.6 is 0 Å². The van der Waals surface area contributed by atoms with Gasteiger partial charge in [-0.05, 0) is 12.8 Å². The van der Waals surface area contributed by atoms with Crippen LogP contribution < -0.4 is 0 Å². The van der Waals surface area contributed by atoms with E-state index in [0.29, 0.717) is 0 Å². The van der Waals surface area contributed by atoms with Crippen molar-refractivity contribution in [2.75, 3.05) is 0 Å². The predicted octanol–water partition coefficient (Wildman–Crippen LogP) is 1.40. The molecule has 10 heavy (non-hydrogen) atoms. The van der Waals surface area contributed by atoms with Gasteiger partial charge in [-0.1, -0.05) is 6.58 Å². The van der Waals surface area contributed by atoms with Crippen molar-refractivity contribution in [2.24, 2.45) is 12.0 Å². The molecule has 1 aromatic rings. The van der Waals surface area contributed by atoms with Crippen molar-refractivity contribution >= 4 is 18.5 Å². The van der Waals surface area contributed by atoms with Crippen LogP contribution in [0, 0.1) is 0 Å². The van der Waals surface area contributed by atoms with Gasteiger partial charge in [-0.3, -0.25) is 9.67 Å². The Morgan fingerprint density at radius 3 is 2.90 bits per heavy atom. The van der Waals surface area contributed by atoms with E-state index in [0.717, 1.165) is 11.4 Å². The molecule has 0 saturated heterocycles. The van der Waals surface area contributed by atoms with Crippen LogP contribution in [-0.2, 0) is 7.05 Å². The number of hydrogen-bond donors (Lipinski definition) is 0. The molecule has 0 unspecified atom stereocenters. The highest BCUT2D eigenvalue weighted by molar-refractivity contribution is 5.60. The van der Waals surface area contributed by atoms with Crippen LogP contribution in [0.1, 0.15) is 5.69 Å². The average Bonchev–Trinajstić information content (AvgIpc) is 2.30. The van der Waals surface area contributed by atoms with E-state index in [-0.39, 0.29) is 0 Å². The second kappa shape index (κ2) is 2.47. The maximum atomic E-state index is 3.97. The van der Waals surface area contributed by atoms with Gasteiger partial charge in [0.05, 0.1) is 11.9 Å². The normalized spacial score (nSPS) is 9.30. The summed E-state index contributed by atoms with van der Waals surface area (Å²) < 4.78 is 1.71. The average molecular weight is 135 g/mol. The third kappa shape index (κ3) is 0.857. The zero-order chi connectivity index (χ0) is 7.56. The number of aryl methyl sites for hydroxylation is 1. The summed E-state index contributed by atoms with van der Waals surface area (Å²) in [6.07, 6.45) is 3.36. The van der Waals surface area contributed by atoms with Gasteiger partial charge in [-0.15, -0.1) is 0 Å². The first kappa shape index (κ1) is 6.74. The van der Waals surface area contributed by atoms with Gasteiger partial charge in [-0.2, -0.15) is 5.10 Å². The third-order valence-electron chi connectivity index (χ3n) is 1.33. The molecular weight excluding hydrogens is 126 g/mol. The molecule has 0 spiro atoms. The number of nitrogens with zero attached hydrogens (tertiary/aromatic N) is 3. The van der Waals surface area contributed by atoms with E-state index >= 15 is 0 Å². The van der Waals surface area contributed by atoms with Crippen LogP contribution in [-0.4, -0.2) is 16.5 Å². The summed E-state index contributed by atoms with van der Waals surface area (Å²) in [5.74, 6) is 0. The van der Waals surface area contributed by atoms with Gasteiger partial charge in [0, 0.05) is 7.05 Å². The second-order valence-electron chi connectivity index (χ2n) is 1.90. The van der Waals surface area contributed by atoms with E-state index < -0.39 is 0 Å². The zero-order valence-electron chi connectivity index (χ0n) is 5.91. The van der Waals surface area contributed by atoms with Crippen molar-refractivity contribution < 1.29 is 0 Å². The van der Waals surface area contributed by atoms with Crippen molar-refractivity contribution in [2.45, 2.75) is 0 Å². The van der Waals surface area contributed by atoms with E-state index in [4.69, 9.17) is 0 Å². The van der Waals surface area contributed by atoms with Crippen LogP contribution in [0.2, 0.25) is 0 Å². The number of aromatic nitrogens is 2. The van der Waals surface area contributed by atoms with E-state index in [9.17, 15) is 0 Å². The molecule has 0 saturated carbocycles. The van der Waals surface area contributed by atoms with Crippen molar-refractivity contribution in [3.63, 3.8) is 0 Å². The third-order valence-corrected chi connectivity index (χ3v) is 1.33. The summed E-state index contributed by atoms with van der Waals surface area (Å²) >= 11 is 0. The highest BCUT2D eigenvalue weighted by atomic mass is 15.3. The van der Waals surface area contributed by atoms with Gasteiger partial charge >= 0.3 is 0 Å². The predicted molar refractivity (Wildman–Crippen MR) is 42.5 cm³/mol. The molecule has 52 valence electrons. The topological polar surface area (TPSA) is 30.2 Å². The molecule has 0 radical (unpaired) electrons. The Hall–Kier alpha value is -1.38. The molecule has 0 bridgehead atoms. The standard InChI is InChI=1S/C7H9N3/c1-4-7-6(8-2)5-9-10(7)3/h4-5H,1-2H2,3H3. The lowest BCUT2D eigenvalue weighted by atomic mass is 10.4. The molecular formula is C7H9N3. The second-order valence-corrected chi connectivity index (χ2v) is 1.90. The van der Waals surface area contributed by atoms with E-state index in [2.05, 4.69) is 23.4 Å². The van der Waals surface area contributed by atoms with Crippen LogP contribution in [0.15, 0.2) is 17.8 Å². The Morgan fingerprint density at radius 2 is 2.50 bits per heavy atom. The number of aliphatic imine (C=N–C) groups is 1. The highest BCUT2D eigenvalue weighted by Gasteiger charge is 2.00. The monoisotopic (exact) mass is 135 g/mol. The summed E-state index contributed by atoms with van der Waals surface area (Å²) in [5, 5.41) is 3.97.